The van der Waals surface area contributed by atoms with E-state index >= 15 is 0 Å². The van der Waals surface area contributed by atoms with Gasteiger partial charge in [0.15, 0.2) is 0 Å². The predicted octanol–water partition coefficient (Wildman–Crippen LogP) is 1.37. The van der Waals surface area contributed by atoms with Gasteiger partial charge in [0.25, 0.3) is 0 Å². The molecule has 1 aromatic carbocycles. The van der Waals surface area contributed by atoms with Crippen LogP contribution in [0.2, 0.25) is 0 Å². The summed E-state index contributed by atoms with van der Waals surface area (Å²) in [5.41, 5.74) is 7.30. The van der Waals surface area contributed by atoms with Crippen LogP contribution in [0.25, 0.3) is 0 Å². The molecule has 3 unspecified atom stereocenters. The Balaban J connectivity index is 2.06. The van der Waals surface area contributed by atoms with Gasteiger partial charge >= 0.3 is 149 Å². The summed E-state index contributed by atoms with van der Waals surface area (Å²) in [6.07, 6.45) is 0. The molecule has 0 saturated carbocycles. The zero-order valence-electron chi connectivity index (χ0n) is 12.4. The number of nitrogens with two attached hydrogens (primary N) is 1. The molecule has 0 aliphatic carbocycles. The van der Waals surface area contributed by atoms with Crippen LogP contribution in [0.5, 0.6) is 0 Å². The van der Waals surface area contributed by atoms with Gasteiger partial charge < -0.3 is 0 Å². The molecule has 0 aromatic heterocycles. The van der Waals surface area contributed by atoms with Crippen LogP contribution in [-0.4, -0.2) is 34.2 Å². The number of amides is 1. The third-order valence-corrected chi connectivity index (χ3v) is 8.33. The van der Waals surface area contributed by atoms with Gasteiger partial charge in [0.05, 0.1) is 0 Å². The zero-order valence-corrected chi connectivity index (χ0v) is 18.7. The van der Waals surface area contributed by atoms with Crippen molar-refractivity contribution in [3.8, 4) is 0 Å². The summed E-state index contributed by atoms with van der Waals surface area (Å²) in [6.45, 7) is 5.74. The Morgan fingerprint density at radius 1 is 1.50 bits per heavy atom. The summed E-state index contributed by atoms with van der Waals surface area (Å²) >= 11 is 0.423. The number of carbonyl (C=O) groups excluding carboxylic acids is 2. The molecule has 2 N–H and O–H groups in total. The van der Waals surface area contributed by atoms with Crippen LogP contribution in [0, 0.1) is 0 Å². The number of ether oxygens (including phenoxy) is 1. The molecule has 0 bridgehead atoms. The van der Waals surface area contributed by atoms with Gasteiger partial charge in [-0.1, -0.05) is 0 Å². The van der Waals surface area contributed by atoms with Crippen molar-refractivity contribution in [3.63, 3.8) is 0 Å². The average molecular weight is 506 g/mol. The van der Waals surface area contributed by atoms with E-state index in [2.05, 4.69) is 6.58 Å². The molecule has 1 fully saturated rings. The standard InChI is InChI=1S/C15H18N2O3S.Hg/c1-9(2)12(17-13(18)11(16)14(17)21)15(19)20-8-10-6-4-3-5-7-10;/h3-7,11-12,14,21H,1,8,16H2,2H3;/q;+1/p-1. The van der Waals surface area contributed by atoms with Crippen molar-refractivity contribution in [2.24, 2.45) is 5.73 Å². The van der Waals surface area contributed by atoms with Crippen LogP contribution in [0.3, 0.4) is 0 Å². The van der Waals surface area contributed by atoms with Crippen LogP contribution in [0.15, 0.2) is 42.5 Å². The quantitative estimate of drug-likeness (QED) is 0.274. The van der Waals surface area contributed by atoms with Crippen LogP contribution in [0.1, 0.15) is 12.5 Å². The van der Waals surface area contributed by atoms with Gasteiger partial charge in [0.2, 0.25) is 0 Å². The Labute approximate surface area is 148 Å². The van der Waals surface area contributed by atoms with Crippen molar-refractivity contribution in [2.45, 2.75) is 31.0 Å². The fourth-order valence-electron chi connectivity index (χ4n) is 2.33. The molecule has 0 radical (unpaired) electrons. The van der Waals surface area contributed by atoms with E-state index in [1.807, 2.05) is 30.3 Å². The van der Waals surface area contributed by atoms with Crippen molar-refractivity contribution < 1.29 is 38.9 Å². The fraction of sp³-hybridized carbons (Fsp3) is 0.333. The molecule has 1 heterocycles. The second-order valence-electron chi connectivity index (χ2n) is 5.17. The fourth-order valence-corrected chi connectivity index (χ4v) is 7.33. The Bertz CT molecular complexity index is 581. The minimum absolute atomic E-state index is 0.137. The van der Waals surface area contributed by atoms with E-state index in [9.17, 15) is 9.59 Å². The molecular weight excluding hydrogens is 489 g/mol. The topological polar surface area (TPSA) is 72.6 Å². The van der Waals surface area contributed by atoms with Gasteiger partial charge in [0.1, 0.15) is 0 Å². The number of esters is 1. The Morgan fingerprint density at radius 2 is 2.14 bits per heavy atom. The zero-order chi connectivity index (χ0) is 16.3. The summed E-state index contributed by atoms with van der Waals surface area (Å²) in [4.78, 5) is 25.9. The van der Waals surface area contributed by atoms with E-state index in [-0.39, 0.29) is 17.9 Å². The van der Waals surface area contributed by atoms with E-state index in [1.54, 1.807) is 15.2 Å². The van der Waals surface area contributed by atoms with Crippen LogP contribution in [0.4, 0.5) is 0 Å². The molecule has 1 aliphatic heterocycles. The molecule has 22 heavy (non-hydrogen) atoms. The molecule has 2 rings (SSSR count). The van der Waals surface area contributed by atoms with Gasteiger partial charge in [0, 0.05) is 0 Å². The number of nitrogens with zero attached hydrogens (tertiary/aromatic N) is 1. The van der Waals surface area contributed by atoms with Crippen molar-refractivity contribution in [3.05, 3.63) is 48.0 Å². The number of likely N-dealkylation sites (tertiary alicyclic amines) is 1. The van der Waals surface area contributed by atoms with E-state index < -0.39 is 18.1 Å². The Morgan fingerprint density at radius 3 is 2.68 bits per heavy atom. The number of hydrogen-bond acceptors (Lipinski definition) is 5. The summed E-state index contributed by atoms with van der Waals surface area (Å²) in [5.74, 6) is -0.670. The van der Waals surface area contributed by atoms with Crippen LogP contribution in [-0.2, 0) is 45.5 Å². The second kappa shape index (κ2) is 7.61. The van der Waals surface area contributed by atoms with Gasteiger partial charge in [-0.15, -0.1) is 0 Å². The normalized spacial score (nSPS) is 22.0. The molecule has 1 saturated heterocycles. The maximum absolute atomic E-state index is 12.4. The first kappa shape index (κ1) is 17.5. The van der Waals surface area contributed by atoms with Crippen molar-refractivity contribution in [2.75, 3.05) is 0 Å². The van der Waals surface area contributed by atoms with E-state index in [0.29, 0.717) is 30.2 Å². The summed E-state index contributed by atoms with van der Waals surface area (Å²) < 4.78 is 5.36. The molecule has 7 heteroatoms. The monoisotopic (exact) mass is 507 g/mol. The first-order chi connectivity index (χ1) is 10.5. The number of carbonyl (C=O) groups is 2. The summed E-state index contributed by atoms with van der Waals surface area (Å²) in [5, 5.41) is -0.137. The predicted molar refractivity (Wildman–Crippen MR) is 81.0 cm³/mol. The summed E-state index contributed by atoms with van der Waals surface area (Å²) in [7, 11) is 1.63. The molecular formula is C15H17HgN2O3S. The van der Waals surface area contributed by atoms with E-state index in [0.717, 1.165) is 5.56 Å². The number of β-lactam (4-membered cyclic amide) rings is 1. The number of rotatable bonds is 6. The molecule has 1 aromatic rings. The van der Waals surface area contributed by atoms with Crippen LogP contribution < -0.4 is 5.73 Å². The van der Waals surface area contributed by atoms with Crippen LogP contribution >= 0.6 is 8.24 Å². The van der Waals surface area contributed by atoms with E-state index in [4.69, 9.17) is 10.5 Å². The van der Waals surface area contributed by atoms with Crippen molar-refractivity contribution in [1.82, 2.24) is 4.90 Å². The van der Waals surface area contributed by atoms with Crippen molar-refractivity contribution >= 4 is 20.1 Å². The Kier molecular flexibility index (Phi) is 6.05. The molecule has 5 nitrogen and oxygen atoms in total. The third-order valence-electron chi connectivity index (χ3n) is 3.48. The molecule has 1 aliphatic rings. The average Bonchev–Trinajstić information content (AvgIpc) is 2.52. The number of hydrogen-bond donors (Lipinski definition) is 1. The van der Waals surface area contributed by atoms with Gasteiger partial charge in [-0.25, -0.2) is 0 Å². The Hall–Kier alpha value is -0.855. The SMILES string of the molecule is C=C(C)C(C(=O)OCc1ccccc1)N1C(=O)C(N)C1[S][Hg]. The molecule has 1 amide bonds. The van der Waals surface area contributed by atoms with Gasteiger partial charge in [-0.05, 0) is 0 Å². The summed E-state index contributed by atoms with van der Waals surface area (Å²) in [6, 6.07) is 8.15. The minimum atomic E-state index is -0.753. The number of benzene rings is 1. The maximum atomic E-state index is 12.4. The van der Waals surface area contributed by atoms with E-state index in [1.165, 1.54) is 4.90 Å². The first-order valence-electron chi connectivity index (χ1n) is 6.82. The second-order valence-corrected chi connectivity index (χ2v) is 9.87. The van der Waals surface area contributed by atoms with Gasteiger partial charge in [-0.3, -0.25) is 0 Å². The molecule has 3 atom stereocenters. The van der Waals surface area contributed by atoms with Gasteiger partial charge in [-0.2, -0.15) is 0 Å². The third kappa shape index (κ3) is 3.55. The van der Waals surface area contributed by atoms with Crippen molar-refractivity contribution in [1.29, 1.82) is 0 Å². The molecule has 113 valence electrons. The first-order valence-corrected chi connectivity index (χ1v) is 14.6. The molecule has 0 spiro atoms.